The van der Waals surface area contributed by atoms with Gasteiger partial charge in [-0.05, 0) is 12.8 Å². The first-order valence-corrected chi connectivity index (χ1v) is 6.91. The number of carbonyl (C=O) groups excluding carboxylic acids is 4. The number of carbonyl (C=O) groups is 4. The van der Waals surface area contributed by atoms with Crippen molar-refractivity contribution in [1.82, 2.24) is 0 Å². The number of ketones is 2. The minimum Gasteiger partial charge on any atom is -0.299 e. The van der Waals surface area contributed by atoms with Gasteiger partial charge in [0.05, 0.1) is 14.2 Å². The second-order valence-electron chi connectivity index (χ2n) is 4.17. The Bertz CT molecular complexity index is 291. The van der Waals surface area contributed by atoms with E-state index in [0.29, 0.717) is 12.8 Å². The first-order valence-electron chi connectivity index (χ1n) is 6.91. The van der Waals surface area contributed by atoms with Gasteiger partial charge in [-0.2, -0.15) is 9.78 Å². The van der Waals surface area contributed by atoms with Gasteiger partial charge >= 0.3 is 11.9 Å². The van der Waals surface area contributed by atoms with Gasteiger partial charge in [-0.25, -0.2) is 9.59 Å². The summed E-state index contributed by atoms with van der Waals surface area (Å²) in [5.74, 6) is -1.50. The van der Waals surface area contributed by atoms with Crippen molar-refractivity contribution in [3.8, 4) is 0 Å². The van der Waals surface area contributed by atoms with E-state index in [9.17, 15) is 19.2 Å². The van der Waals surface area contributed by atoms with Gasteiger partial charge in [-0.15, -0.1) is 0 Å². The molecular weight excluding hydrogens is 344 g/mol. The van der Waals surface area contributed by atoms with Crippen molar-refractivity contribution in [2.75, 3.05) is 14.2 Å². The maximum atomic E-state index is 10.8. The summed E-state index contributed by atoms with van der Waals surface area (Å²) in [5, 5.41) is 0. The molecule has 0 aromatic carbocycles. The molecule has 0 saturated carbocycles. The zero-order valence-electron chi connectivity index (χ0n) is 14.0. The summed E-state index contributed by atoms with van der Waals surface area (Å²) in [6, 6.07) is 0. The number of hydrogen-bond donors (Lipinski definition) is 0. The van der Waals surface area contributed by atoms with Crippen molar-refractivity contribution in [2.45, 2.75) is 52.4 Å². The Morgan fingerprint density at radius 2 is 1.00 bits per heavy atom. The average Bonchev–Trinajstić information content (AvgIpc) is 2.40. The molecule has 0 saturated heterocycles. The van der Waals surface area contributed by atoms with Crippen LogP contribution in [0.5, 0.6) is 0 Å². The first kappa shape index (κ1) is 26.8. The summed E-state index contributed by atoms with van der Waals surface area (Å²) in [6.45, 7) is 3.75. The molecule has 0 spiro atoms. The standard InChI is InChI=1S/2C7H12O4.Ti/c2*1-3-4-6(8)5-7(9)11-10-2;/h2*3-5H2,1-2H3;. The molecule has 8 nitrogen and oxygen atoms in total. The second kappa shape index (κ2) is 19.0. The van der Waals surface area contributed by atoms with E-state index in [-0.39, 0.29) is 46.1 Å². The molecule has 0 rings (SSSR count). The van der Waals surface area contributed by atoms with E-state index >= 15 is 0 Å². The van der Waals surface area contributed by atoms with Crippen LogP contribution in [0.2, 0.25) is 0 Å². The minimum atomic E-state index is -0.633. The van der Waals surface area contributed by atoms with E-state index in [4.69, 9.17) is 0 Å². The third-order valence-electron chi connectivity index (χ3n) is 2.09. The molecule has 0 unspecified atom stereocenters. The maximum absolute atomic E-state index is 10.8. The normalized spacial score (nSPS) is 8.87. The van der Waals surface area contributed by atoms with Crippen LogP contribution in [0.3, 0.4) is 0 Å². The summed E-state index contributed by atoms with van der Waals surface area (Å²) in [5.41, 5.74) is 0. The summed E-state index contributed by atoms with van der Waals surface area (Å²) in [7, 11) is 2.45. The summed E-state index contributed by atoms with van der Waals surface area (Å²) < 4.78 is 0. The molecule has 0 radical (unpaired) electrons. The molecule has 0 atom stereocenters. The maximum Gasteiger partial charge on any atom is 0.349 e. The summed E-state index contributed by atoms with van der Waals surface area (Å²) in [6.07, 6.45) is 1.94. The van der Waals surface area contributed by atoms with E-state index in [2.05, 4.69) is 19.6 Å². The van der Waals surface area contributed by atoms with Gasteiger partial charge in [0.15, 0.2) is 0 Å². The molecule has 132 valence electrons. The van der Waals surface area contributed by atoms with Crippen LogP contribution in [-0.2, 0) is 60.4 Å². The molecule has 0 aliphatic carbocycles. The van der Waals surface area contributed by atoms with Gasteiger partial charge in [-0.1, -0.05) is 13.8 Å². The van der Waals surface area contributed by atoms with Crippen molar-refractivity contribution in [1.29, 1.82) is 0 Å². The largest absolute Gasteiger partial charge is 0.349 e. The molecule has 0 heterocycles. The Kier molecular flexibility index (Phi) is 22.1. The smallest absolute Gasteiger partial charge is 0.299 e. The topological polar surface area (TPSA) is 105 Å². The zero-order chi connectivity index (χ0) is 17.4. The Labute approximate surface area is 150 Å². The fraction of sp³-hybridized carbons (Fsp3) is 0.714. The zero-order valence-corrected chi connectivity index (χ0v) is 15.6. The Morgan fingerprint density at radius 3 is 1.22 bits per heavy atom. The van der Waals surface area contributed by atoms with Crippen molar-refractivity contribution in [2.24, 2.45) is 0 Å². The van der Waals surface area contributed by atoms with E-state index in [1.807, 2.05) is 13.8 Å². The van der Waals surface area contributed by atoms with Gasteiger partial charge in [0, 0.05) is 34.6 Å². The number of Topliss-reactive ketones (excluding diaryl/α,β-unsaturated/α-hetero) is 2. The molecule has 0 bridgehead atoms. The van der Waals surface area contributed by atoms with Crippen LogP contribution < -0.4 is 0 Å². The summed E-state index contributed by atoms with van der Waals surface area (Å²) in [4.78, 5) is 59.0. The molecule has 0 aliphatic rings. The van der Waals surface area contributed by atoms with Crippen LogP contribution in [0, 0.1) is 0 Å². The Morgan fingerprint density at radius 1 is 0.696 bits per heavy atom. The Hall–Kier alpha value is -1.09. The average molecular weight is 368 g/mol. The third-order valence-corrected chi connectivity index (χ3v) is 2.09. The van der Waals surface area contributed by atoms with Crippen molar-refractivity contribution >= 4 is 23.5 Å². The molecule has 0 aliphatic heterocycles. The van der Waals surface area contributed by atoms with Gasteiger partial charge in [0.1, 0.15) is 24.4 Å². The van der Waals surface area contributed by atoms with Crippen molar-refractivity contribution in [3.05, 3.63) is 0 Å². The van der Waals surface area contributed by atoms with Gasteiger partial charge in [0.25, 0.3) is 0 Å². The predicted molar refractivity (Wildman–Crippen MR) is 75.3 cm³/mol. The SMILES string of the molecule is CCCC(=O)CC(=O)OOC.CCCC(=O)CC(=O)OOC.[Ti]. The molecule has 0 amide bonds. The molecule has 23 heavy (non-hydrogen) atoms. The fourth-order valence-corrected chi connectivity index (χ4v) is 1.30. The molecule has 0 aromatic rings. The van der Waals surface area contributed by atoms with Crippen LogP contribution in [0.4, 0.5) is 0 Å². The molecule has 0 aromatic heterocycles. The quantitative estimate of drug-likeness (QED) is 0.248. The van der Waals surface area contributed by atoms with E-state index < -0.39 is 11.9 Å². The third kappa shape index (κ3) is 20.9. The monoisotopic (exact) mass is 368 g/mol. The van der Waals surface area contributed by atoms with Crippen molar-refractivity contribution < 1.29 is 60.4 Å². The van der Waals surface area contributed by atoms with Crippen molar-refractivity contribution in [3.63, 3.8) is 0 Å². The van der Waals surface area contributed by atoms with Crippen LogP contribution in [0.25, 0.3) is 0 Å². The van der Waals surface area contributed by atoms with E-state index in [0.717, 1.165) is 12.8 Å². The van der Waals surface area contributed by atoms with E-state index in [1.54, 1.807) is 0 Å². The van der Waals surface area contributed by atoms with Crippen LogP contribution in [0.15, 0.2) is 0 Å². The minimum absolute atomic E-state index is 0. The first-order chi connectivity index (χ1) is 10.4. The van der Waals surface area contributed by atoms with Gasteiger partial charge in [0.2, 0.25) is 0 Å². The van der Waals surface area contributed by atoms with Crippen LogP contribution in [0.1, 0.15) is 52.4 Å². The molecule has 0 N–H and O–H groups in total. The molecule has 9 heteroatoms. The predicted octanol–water partition coefficient (Wildman–Crippen LogP) is 1.70. The second-order valence-corrected chi connectivity index (χ2v) is 4.17. The fourth-order valence-electron chi connectivity index (χ4n) is 1.30. The van der Waals surface area contributed by atoms with E-state index in [1.165, 1.54) is 14.2 Å². The molecular formula is C14H24O8Ti. The number of hydrogen-bond acceptors (Lipinski definition) is 8. The molecule has 0 fully saturated rings. The van der Waals surface area contributed by atoms with Gasteiger partial charge in [-0.3, -0.25) is 19.4 Å². The Balaban J connectivity index is -0.000000333. The van der Waals surface area contributed by atoms with Crippen LogP contribution in [-0.4, -0.2) is 37.7 Å². The number of rotatable bonds is 10. The van der Waals surface area contributed by atoms with Gasteiger partial charge < -0.3 is 0 Å². The van der Waals surface area contributed by atoms with Crippen LogP contribution >= 0.6 is 0 Å². The summed E-state index contributed by atoms with van der Waals surface area (Å²) >= 11 is 0.